The molecule has 0 fully saturated rings. The van der Waals surface area contributed by atoms with Crippen molar-refractivity contribution in [1.29, 1.82) is 0 Å². The van der Waals surface area contributed by atoms with Crippen molar-refractivity contribution in [2.75, 3.05) is 0 Å². The second-order valence-electron chi connectivity index (χ2n) is 3.64. The Hall–Kier alpha value is -1.26. The van der Waals surface area contributed by atoms with Gasteiger partial charge < -0.3 is 38.3 Å². The molecule has 0 radical (unpaired) electrons. The number of carbonyl (C=O) groups is 2. The Kier molecular flexibility index (Phi) is 4.35. The Morgan fingerprint density at radius 1 is 1.06 bits per heavy atom. The largest absolute Gasteiger partial charge is 0.479 e. The molecule has 0 heterocycles. The topological polar surface area (TPSA) is 199 Å². The van der Waals surface area contributed by atoms with Gasteiger partial charge in [0.25, 0.3) is 0 Å². The fourth-order valence-electron chi connectivity index (χ4n) is 0.864. The van der Waals surface area contributed by atoms with E-state index in [-0.39, 0.29) is 12.8 Å². The van der Waals surface area contributed by atoms with Gasteiger partial charge in [0.2, 0.25) is 0 Å². The van der Waals surface area contributed by atoms with E-state index in [4.69, 9.17) is 33.1 Å². The van der Waals surface area contributed by atoms with E-state index < -0.39 is 29.4 Å². The van der Waals surface area contributed by atoms with Crippen molar-refractivity contribution in [3.8, 4) is 0 Å². The molecule has 16 heavy (non-hydrogen) atoms. The van der Waals surface area contributed by atoms with Crippen molar-refractivity contribution < 1.29 is 24.9 Å². The van der Waals surface area contributed by atoms with Crippen LogP contribution in [0.5, 0.6) is 0 Å². The van der Waals surface area contributed by atoms with Crippen molar-refractivity contribution >= 4 is 11.9 Å². The lowest BCUT2D eigenvalue weighted by molar-refractivity contribution is -0.148. The number of aliphatic hydroxyl groups is 1. The number of nitrogens with two attached hydrogens (primary N) is 4. The van der Waals surface area contributed by atoms with Gasteiger partial charge in [-0.3, -0.25) is 0 Å². The predicted octanol–water partition coefficient (Wildman–Crippen LogP) is -3.48. The molecule has 9 heteroatoms. The molecule has 0 bridgehead atoms. The minimum atomic E-state index is -2.37. The second kappa shape index (κ2) is 4.72. The lowest BCUT2D eigenvalue weighted by atomic mass is 9.96. The summed E-state index contributed by atoms with van der Waals surface area (Å²) in [6.07, 6.45) is -2.37. The van der Waals surface area contributed by atoms with E-state index in [1.54, 1.807) is 0 Å². The summed E-state index contributed by atoms with van der Waals surface area (Å²) < 4.78 is 0. The van der Waals surface area contributed by atoms with Crippen molar-refractivity contribution in [3.05, 3.63) is 0 Å². The molecule has 9 nitrogen and oxygen atoms in total. The van der Waals surface area contributed by atoms with Gasteiger partial charge in [0.15, 0.2) is 11.3 Å². The van der Waals surface area contributed by atoms with Gasteiger partial charge >= 0.3 is 11.9 Å². The molecule has 1 atom stereocenters. The van der Waals surface area contributed by atoms with Crippen molar-refractivity contribution in [2.45, 2.75) is 30.3 Å². The highest BCUT2D eigenvalue weighted by Crippen LogP contribution is 2.12. The van der Waals surface area contributed by atoms with Crippen molar-refractivity contribution in [2.24, 2.45) is 22.9 Å². The number of rotatable bonds is 6. The van der Waals surface area contributed by atoms with E-state index in [1.165, 1.54) is 0 Å². The molecule has 0 aliphatic carbocycles. The third-order valence-electron chi connectivity index (χ3n) is 2.15. The Bertz CT molecular complexity index is 291. The summed E-state index contributed by atoms with van der Waals surface area (Å²) in [4.78, 5) is 21.0. The van der Waals surface area contributed by atoms with Gasteiger partial charge in [0, 0.05) is 0 Å². The van der Waals surface area contributed by atoms with Crippen LogP contribution >= 0.6 is 0 Å². The summed E-state index contributed by atoms with van der Waals surface area (Å²) in [5.74, 6) is -3.09. The lowest BCUT2D eigenvalue weighted by Crippen LogP contribution is -2.65. The molecule has 0 aliphatic heterocycles. The van der Waals surface area contributed by atoms with Crippen LogP contribution in [0.15, 0.2) is 0 Å². The molecule has 0 aromatic rings. The predicted molar refractivity (Wildman–Crippen MR) is 52.7 cm³/mol. The van der Waals surface area contributed by atoms with Gasteiger partial charge in [-0.2, -0.15) is 0 Å². The third-order valence-corrected chi connectivity index (χ3v) is 2.15. The van der Waals surface area contributed by atoms with Crippen molar-refractivity contribution in [1.82, 2.24) is 0 Å². The first kappa shape index (κ1) is 14.7. The molecule has 0 amide bonds. The van der Waals surface area contributed by atoms with E-state index in [0.717, 1.165) is 0 Å². The lowest BCUT2D eigenvalue weighted by Gasteiger charge is -2.27. The van der Waals surface area contributed by atoms with Crippen molar-refractivity contribution in [3.63, 3.8) is 0 Å². The number of carboxylic acids is 2. The number of aliphatic hydroxyl groups excluding tert-OH is 1. The molecule has 0 aromatic heterocycles. The van der Waals surface area contributed by atoms with Crippen LogP contribution < -0.4 is 22.9 Å². The van der Waals surface area contributed by atoms with Gasteiger partial charge in [-0.25, -0.2) is 9.59 Å². The van der Waals surface area contributed by atoms with Crippen LogP contribution in [0.3, 0.4) is 0 Å². The summed E-state index contributed by atoms with van der Waals surface area (Å²) in [5, 5.41) is 26.5. The Morgan fingerprint density at radius 2 is 1.50 bits per heavy atom. The molecule has 11 N–H and O–H groups in total. The van der Waals surface area contributed by atoms with Crippen LogP contribution in [0, 0.1) is 0 Å². The van der Waals surface area contributed by atoms with Crippen LogP contribution in [0.25, 0.3) is 0 Å². The zero-order valence-corrected chi connectivity index (χ0v) is 8.46. The number of hydrogen-bond donors (Lipinski definition) is 7. The minimum absolute atomic E-state index is 0.349. The van der Waals surface area contributed by atoms with E-state index in [2.05, 4.69) is 0 Å². The first-order valence-corrected chi connectivity index (χ1v) is 4.32. The molecule has 0 saturated carbocycles. The van der Waals surface area contributed by atoms with Gasteiger partial charge in [-0.1, -0.05) is 0 Å². The zero-order chi connectivity index (χ0) is 13.1. The number of carboxylic acid groups (broad SMARTS) is 2. The fraction of sp³-hybridized carbons (Fsp3) is 0.714. The second-order valence-corrected chi connectivity index (χ2v) is 3.64. The standard InChI is InChI=1S/C7H16N4O5/c8-6(9,4(13)14)2-1-3(12)7(10,11)5(15)16/h3,12H,1-2,8-11H2,(H,13,14)(H,15,16). The van der Waals surface area contributed by atoms with Crippen LogP contribution in [-0.4, -0.2) is 44.7 Å². The maximum absolute atomic E-state index is 10.5. The first-order chi connectivity index (χ1) is 7.01. The third kappa shape index (κ3) is 3.40. The zero-order valence-electron chi connectivity index (χ0n) is 8.46. The summed E-state index contributed by atoms with van der Waals surface area (Å²) in [6, 6.07) is 0. The van der Waals surface area contributed by atoms with Gasteiger partial charge in [0.1, 0.15) is 0 Å². The minimum Gasteiger partial charge on any atom is -0.479 e. The summed E-state index contributed by atoms with van der Waals surface area (Å²) in [7, 11) is 0. The fourth-order valence-corrected chi connectivity index (χ4v) is 0.864. The molecule has 0 aromatic carbocycles. The Labute approximate surface area is 91.0 Å². The molecule has 1 unspecified atom stereocenters. The quantitative estimate of drug-likeness (QED) is 0.229. The highest BCUT2D eigenvalue weighted by molar-refractivity contribution is 5.79. The number of aliphatic carboxylic acids is 2. The van der Waals surface area contributed by atoms with Crippen LogP contribution in [0.2, 0.25) is 0 Å². The first-order valence-electron chi connectivity index (χ1n) is 4.32. The molecule has 0 saturated heterocycles. The molecule has 0 spiro atoms. The summed E-state index contributed by atoms with van der Waals surface area (Å²) in [6.45, 7) is 0. The molecule has 0 rings (SSSR count). The molecule has 0 aliphatic rings. The average molecular weight is 236 g/mol. The Balaban J connectivity index is 4.44. The normalized spacial score (nSPS) is 14.6. The van der Waals surface area contributed by atoms with E-state index in [1.807, 2.05) is 0 Å². The van der Waals surface area contributed by atoms with Gasteiger partial charge in [0.05, 0.1) is 6.10 Å². The monoisotopic (exact) mass is 236 g/mol. The van der Waals surface area contributed by atoms with E-state index in [0.29, 0.717) is 0 Å². The van der Waals surface area contributed by atoms with Crippen LogP contribution in [0.4, 0.5) is 0 Å². The van der Waals surface area contributed by atoms with Crippen LogP contribution in [-0.2, 0) is 9.59 Å². The van der Waals surface area contributed by atoms with E-state index >= 15 is 0 Å². The smallest absolute Gasteiger partial charge is 0.341 e. The highest BCUT2D eigenvalue weighted by Gasteiger charge is 2.39. The van der Waals surface area contributed by atoms with Gasteiger partial charge in [-0.05, 0) is 12.8 Å². The number of hydrogen-bond acceptors (Lipinski definition) is 7. The summed E-state index contributed by atoms with van der Waals surface area (Å²) in [5.41, 5.74) is 16.1. The van der Waals surface area contributed by atoms with E-state index in [9.17, 15) is 14.7 Å². The average Bonchev–Trinajstić information content (AvgIpc) is 2.13. The maximum atomic E-state index is 10.5. The molecule has 94 valence electrons. The Morgan fingerprint density at radius 3 is 1.81 bits per heavy atom. The molecular formula is C7H16N4O5. The maximum Gasteiger partial charge on any atom is 0.341 e. The van der Waals surface area contributed by atoms with Crippen LogP contribution in [0.1, 0.15) is 12.8 Å². The van der Waals surface area contributed by atoms with Gasteiger partial charge in [-0.15, -0.1) is 0 Å². The highest BCUT2D eigenvalue weighted by atomic mass is 16.4. The summed E-state index contributed by atoms with van der Waals surface area (Å²) >= 11 is 0. The SMILES string of the molecule is NC(N)(CCC(O)C(N)(N)C(=O)O)C(=O)O. The molecular weight excluding hydrogens is 220 g/mol.